The maximum absolute atomic E-state index is 9.94. The van der Waals surface area contributed by atoms with Crippen molar-refractivity contribution in [2.45, 2.75) is 0 Å². The molecule has 0 heterocycles. The van der Waals surface area contributed by atoms with Crippen LogP contribution in [-0.4, -0.2) is 11.3 Å². The summed E-state index contributed by atoms with van der Waals surface area (Å²) in [4.78, 5) is 9.94. The lowest BCUT2D eigenvalue weighted by Gasteiger charge is -1.68. The number of ketones is 1. The minimum Gasteiger partial charge on any atom is -0.412 e. The van der Waals surface area contributed by atoms with E-state index in [0.717, 1.165) is 0 Å². The molecule has 2 N–H and O–H groups in total. The molecule has 0 atom stereocenters. The van der Waals surface area contributed by atoms with E-state index < -0.39 is 0 Å². The van der Waals surface area contributed by atoms with Gasteiger partial charge in [-0.3, -0.25) is 4.79 Å². The number of allylic oxidation sites excluding steroid dienone is 2. The molecule has 0 spiro atoms. The lowest BCUT2D eigenvalue weighted by atomic mass is 10.4. The zero-order valence-electron chi connectivity index (χ0n) is 3.98. The summed E-state index contributed by atoms with van der Waals surface area (Å²) >= 11 is 0. The van der Waals surface area contributed by atoms with E-state index in [1.807, 2.05) is 0 Å². The molecule has 0 aliphatic rings. The van der Waals surface area contributed by atoms with E-state index in [0.29, 0.717) is 0 Å². The van der Waals surface area contributed by atoms with Gasteiger partial charge in [-0.2, -0.15) is 0 Å². The lowest BCUT2D eigenvalue weighted by Crippen LogP contribution is -1.78. The monoisotopic (exact) mass is 100 g/mol. The van der Waals surface area contributed by atoms with Crippen LogP contribution >= 0.6 is 0 Å². The second kappa shape index (κ2) is 5.11. The Morgan fingerprint density at radius 1 is 1.29 bits per heavy atom. The Morgan fingerprint density at radius 2 is 1.57 bits per heavy atom. The minimum atomic E-state index is -0.130. The molecule has 7 heavy (non-hydrogen) atoms. The summed E-state index contributed by atoms with van der Waals surface area (Å²) in [6.07, 6.45) is 2.43. The highest BCUT2D eigenvalue weighted by molar-refractivity contribution is 5.98. The zero-order chi connectivity index (χ0) is 4.99. The normalized spacial score (nSPS) is 5.71. The predicted molar refractivity (Wildman–Crippen MR) is 29.0 cm³/mol. The van der Waals surface area contributed by atoms with Crippen molar-refractivity contribution in [1.29, 1.82) is 0 Å². The third kappa shape index (κ3) is 5.11. The van der Waals surface area contributed by atoms with Gasteiger partial charge in [0.15, 0.2) is 5.78 Å². The molecule has 0 bridgehead atoms. The maximum Gasteiger partial charge on any atom is 0.177 e. The quantitative estimate of drug-likeness (QED) is 0.454. The van der Waals surface area contributed by atoms with E-state index >= 15 is 0 Å². The molecule has 0 aromatic heterocycles. The van der Waals surface area contributed by atoms with E-state index in [1.165, 1.54) is 12.2 Å². The molecule has 2 nitrogen and oxygen atoms in total. The number of rotatable bonds is 2. The highest BCUT2D eigenvalue weighted by Gasteiger charge is 1.75. The van der Waals surface area contributed by atoms with Crippen LogP contribution in [0.2, 0.25) is 0 Å². The topological polar surface area (TPSA) is 48.6 Å². The van der Waals surface area contributed by atoms with Gasteiger partial charge in [0.1, 0.15) is 0 Å². The molecule has 0 aliphatic heterocycles. The van der Waals surface area contributed by atoms with Crippen molar-refractivity contribution >= 4 is 5.78 Å². The van der Waals surface area contributed by atoms with Gasteiger partial charge < -0.3 is 5.48 Å². The summed E-state index contributed by atoms with van der Waals surface area (Å²) in [7, 11) is 0. The minimum absolute atomic E-state index is 0. The van der Waals surface area contributed by atoms with Gasteiger partial charge in [-0.1, -0.05) is 13.2 Å². The number of carbonyl (C=O) groups is 1. The fourth-order valence-electron chi connectivity index (χ4n) is 0.0833. The Morgan fingerprint density at radius 3 is 1.57 bits per heavy atom. The molecule has 0 aliphatic carbocycles. The molecule has 0 aromatic rings. The van der Waals surface area contributed by atoms with Crippen LogP contribution in [0.4, 0.5) is 0 Å². The molecule has 0 amide bonds. The molecule has 0 rings (SSSR count). The van der Waals surface area contributed by atoms with Gasteiger partial charge in [0.2, 0.25) is 0 Å². The lowest BCUT2D eigenvalue weighted by molar-refractivity contribution is -0.110. The van der Waals surface area contributed by atoms with Crippen LogP contribution in [0.1, 0.15) is 0 Å². The zero-order valence-corrected chi connectivity index (χ0v) is 3.98. The Bertz CT molecular complexity index is 74.1. The van der Waals surface area contributed by atoms with Gasteiger partial charge in [0, 0.05) is 0 Å². The molecular formula is C5H8O2. The van der Waals surface area contributed by atoms with Crippen molar-refractivity contribution in [3.63, 3.8) is 0 Å². The first-order valence-electron chi connectivity index (χ1n) is 1.60. The third-order valence-electron chi connectivity index (χ3n) is 0.402. The van der Waals surface area contributed by atoms with Gasteiger partial charge in [0.05, 0.1) is 0 Å². The average Bonchev–Trinajstić information content (AvgIpc) is 1.65. The van der Waals surface area contributed by atoms with Gasteiger partial charge in [-0.25, -0.2) is 0 Å². The third-order valence-corrected chi connectivity index (χ3v) is 0.402. The van der Waals surface area contributed by atoms with E-state index in [4.69, 9.17) is 0 Å². The van der Waals surface area contributed by atoms with Crippen LogP contribution in [0.5, 0.6) is 0 Å². The smallest absolute Gasteiger partial charge is 0.177 e. The molecule has 40 valence electrons. The average molecular weight is 100 g/mol. The summed E-state index contributed by atoms with van der Waals surface area (Å²) in [6.45, 7) is 6.42. The summed E-state index contributed by atoms with van der Waals surface area (Å²) in [5.41, 5.74) is 0. The van der Waals surface area contributed by atoms with Crippen LogP contribution in [0.15, 0.2) is 25.3 Å². The van der Waals surface area contributed by atoms with Crippen molar-refractivity contribution in [2.75, 3.05) is 0 Å². The molecule has 0 aromatic carbocycles. The van der Waals surface area contributed by atoms with Gasteiger partial charge in [0.25, 0.3) is 0 Å². The fraction of sp³-hybridized carbons (Fsp3) is 0. The van der Waals surface area contributed by atoms with Gasteiger partial charge in [-0.15, -0.1) is 0 Å². The molecule has 0 radical (unpaired) electrons. The second-order valence-corrected chi connectivity index (χ2v) is 0.811. The Labute approximate surface area is 42.5 Å². The van der Waals surface area contributed by atoms with Crippen LogP contribution in [0, 0.1) is 0 Å². The number of hydrogen-bond acceptors (Lipinski definition) is 1. The van der Waals surface area contributed by atoms with E-state index in [2.05, 4.69) is 13.2 Å². The Hall–Kier alpha value is -0.890. The summed E-state index contributed by atoms with van der Waals surface area (Å²) < 4.78 is 0. The first kappa shape index (κ1) is 9.44. The number of carbonyl (C=O) groups excluding carboxylic acids is 1. The first-order valence-corrected chi connectivity index (χ1v) is 1.60. The first-order chi connectivity index (χ1) is 2.81. The molecule has 2 heteroatoms. The molecule has 0 saturated heterocycles. The van der Waals surface area contributed by atoms with Crippen molar-refractivity contribution in [3.05, 3.63) is 25.3 Å². The largest absolute Gasteiger partial charge is 0.412 e. The molecule has 0 saturated carbocycles. The summed E-state index contributed by atoms with van der Waals surface area (Å²) in [6, 6.07) is 0. The van der Waals surface area contributed by atoms with Gasteiger partial charge in [-0.05, 0) is 12.2 Å². The predicted octanol–water partition coefficient (Wildman–Crippen LogP) is 0.103. The Balaban J connectivity index is 0. The van der Waals surface area contributed by atoms with Crippen LogP contribution in [0.25, 0.3) is 0 Å². The standard InChI is InChI=1S/C5H6O.H2O/c1-3-5(6)4-2;/h3-4H,1-2H2;1H2. The summed E-state index contributed by atoms with van der Waals surface area (Å²) in [5, 5.41) is 0. The van der Waals surface area contributed by atoms with Crippen LogP contribution < -0.4 is 0 Å². The van der Waals surface area contributed by atoms with Crippen LogP contribution in [0.3, 0.4) is 0 Å². The molecule has 0 fully saturated rings. The highest BCUT2D eigenvalue weighted by atomic mass is 16.1. The van der Waals surface area contributed by atoms with Crippen molar-refractivity contribution in [1.82, 2.24) is 0 Å². The van der Waals surface area contributed by atoms with E-state index in [1.54, 1.807) is 0 Å². The van der Waals surface area contributed by atoms with Crippen LogP contribution in [-0.2, 0) is 4.79 Å². The van der Waals surface area contributed by atoms with E-state index in [9.17, 15) is 4.79 Å². The highest BCUT2D eigenvalue weighted by Crippen LogP contribution is 1.68. The van der Waals surface area contributed by atoms with E-state index in [-0.39, 0.29) is 11.3 Å². The fourth-order valence-corrected chi connectivity index (χ4v) is 0.0833. The second-order valence-electron chi connectivity index (χ2n) is 0.811. The summed E-state index contributed by atoms with van der Waals surface area (Å²) in [5.74, 6) is -0.130. The van der Waals surface area contributed by atoms with Crippen molar-refractivity contribution in [3.8, 4) is 0 Å². The van der Waals surface area contributed by atoms with Gasteiger partial charge >= 0.3 is 0 Å². The van der Waals surface area contributed by atoms with Crippen molar-refractivity contribution in [2.24, 2.45) is 0 Å². The molecule has 0 unspecified atom stereocenters. The Kier molecular flexibility index (Phi) is 6.89. The maximum atomic E-state index is 9.94. The molecular weight excluding hydrogens is 92.1 g/mol. The van der Waals surface area contributed by atoms with Crippen molar-refractivity contribution < 1.29 is 10.3 Å². The number of hydrogen-bond donors (Lipinski definition) is 0. The SMILES string of the molecule is C=CC(=O)C=C.O.